The minimum Gasteiger partial charge on any atom is -0.484 e. The number of benzene rings is 2. The number of ketones is 1. The van der Waals surface area contributed by atoms with E-state index in [-0.39, 0.29) is 18.3 Å². The first kappa shape index (κ1) is 18.8. The summed E-state index contributed by atoms with van der Waals surface area (Å²) in [5.41, 5.74) is 1.99. The molecule has 0 radical (unpaired) electrons. The molecule has 0 unspecified atom stereocenters. The van der Waals surface area contributed by atoms with E-state index in [4.69, 9.17) is 16.3 Å². The van der Waals surface area contributed by atoms with Gasteiger partial charge in [0, 0.05) is 26.1 Å². The number of anilines is 2. The highest BCUT2D eigenvalue weighted by Gasteiger charge is 2.12. The Kier molecular flexibility index (Phi) is 6.42. The monoisotopic (exact) mass is 360 g/mol. The summed E-state index contributed by atoms with van der Waals surface area (Å²) in [6.07, 6.45) is 0.455. The number of hydrogen-bond donors (Lipinski definition) is 1. The second kappa shape index (κ2) is 8.53. The van der Waals surface area contributed by atoms with Gasteiger partial charge in [0.25, 0.3) is 5.91 Å². The predicted molar refractivity (Wildman–Crippen MR) is 101 cm³/mol. The van der Waals surface area contributed by atoms with E-state index >= 15 is 0 Å². The molecular weight excluding hydrogens is 340 g/mol. The van der Waals surface area contributed by atoms with Crippen molar-refractivity contribution in [3.8, 4) is 5.75 Å². The van der Waals surface area contributed by atoms with Gasteiger partial charge in [0.15, 0.2) is 12.4 Å². The van der Waals surface area contributed by atoms with Crippen LogP contribution in [0.2, 0.25) is 5.02 Å². The number of hydrogen-bond acceptors (Lipinski definition) is 4. The van der Waals surface area contributed by atoms with Crippen molar-refractivity contribution in [1.29, 1.82) is 0 Å². The van der Waals surface area contributed by atoms with E-state index in [1.54, 1.807) is 42.5 Å². The molecule has 0 atom stereocenters. The molecule has 5 nitrogen and oxygen atoms in total. The third-order valence-electron chi connectivity index (χ3n) is 3.58. The topological polar surface area (TPSA) is 58.6 Å². The third-order valence-corrected chi connectivity index (χ3v) is 3.88. The Bertz CT molecular complexity index is 758. The van der Waals surface area contributed by atoms with E-state index < -0.39 is 0 Å². The molecule has 0 bridgehead atoms. The van der Waals surface area contributed by atoms with Crippen LogP contribution in [0.1, 0.15) is 23.7 Å². The fourth-order valence-corrected chi connectivity index (χ4v) is 2.69. The number of ether oxygens (including phenoxy) is 1. The second-order valence-corrected chi connectivity index (χ2v) is 6.08. The lowest BCUT2D eigenvalue weighted by atomic mass is 10.1. The van der Waals surface area contributed by atoms with E-state index in [0.717, 1.165) is 5.69 Å². The molecule has 2 aromatic rings. The van der Waals surface area contributed by atoms with Gasteiger partial charge in [0.05, 0.1) is 16.4 Å². The van der Waals surface area contributed by atoms with Crippen LogP contribution in [0.5, 0.6) is 5.75 Å². The standard InChI is InChI=1S/C19H21ClN2O3/c1-4-17(23)13-8-10-14(11-9-13)25-12-18(24)21-16-7-5-6-15(20)19(16)22(2)3/h5-11H,4,12H2,1-3H3,(H,21,24). The van der Waals surface area contributed by atoms with Gasteiger partial charge in [-0.1, -0.05) is 24.6 Å². The van der Waals surface area contributed by atoms with Crippen molar-refractivity contribution in [2.45, 2.75) is 13.3 Å². The summed E-state index contributed by atoms with van der Waals surface area (Å²) in [7, 11) is 3.71. The van der Waals surface area contributed by atoms with Gasteiger partial charge in [0.1, 0.15) is 5.75 Å². The first-order chi connectivity index (χ1) is 11.9. The molecule has 6 heteroatoms. The molecule has 2 rings (SSSR count). The molecular formula is C19H21ClN2O3. The maximum Gasteiger partial charge on any atom is 0.262 e. The fraction of sp³-hybridized carbons (Fsp3) is 0.263. The van der Waals surface area contributed by atoms with Crippen LogP contribution in [-0.2, 0) is 4.79 Å². The van der Waals surface area contributed by atoms with Gasteiger partial charge < -0.3 is 15.0 Å². The molecule has 0 aliphatic heterocycles. The van der Waals surface area contributed by atoms with Crippen molar-refractivity contribution in [3.63, 3.8) is 0 Å². The Morgan fingerprint density at radius 2 is 1.80 bits per heavy atom. The largest absolute Gasteiger partial charge is 0.484 e. The average Bonchev–Trinajstić information content (AvgIpc) is 2.59. The summed E-state index contributed by atoms with van der Waals surface area (Å²) in [4.78, 5) is 25.6. The van der Waals surface area contributed by atoms with E-state index in [2.05, 4.69) is 5.32 Å². The van der Waals surface area contributed by atoms with E-state index in [1.165, 1.54) is 0 Å². The van der Waals surface area contributed by atoms with Crippen LogP contribution in [0.4, 0.5) is 11.4 Å². The van der Waals surface area contributed by atoms with Crippen LogP contribution in [0.15, 0.2) is 42.5 Å². The lowest BCUT2D eigenvalue weighted by Crippen LogP contribution is -2.22. The highest BCUT2D eigenvalue weighted by atomic mass is 35.5. The maximum absolute atomic E-state index is 12.1. The lowest BCUT2D eigenvalue weighted by molar-refractivity contribution is -0.118. The number of amides is 1. The zero-order valence-corrected chi connectivity index (χ0v) is 15.3. The van der Waals surface area contributed by atoms with Crippen molar-refractivity contribution in [3.05, 3.63) is 53.1 Å². The van der Waals surface area contributed by atoms with Gasteiger partial charge >= 0.3 is 0 Å². The van der Waals surface area contributed by atoms with Crippen molar-refractivity contribution >= 4 is 34.7 Å². The minimum absolute atomic E-state index is 0.0708. The smallest absolute Gasteiger partial charge is 0.262 e. The number of halogens is 1. The number of nitrogens with one attached hydrogen (secondary N) is 1. The molecule has 0 saturated carbocycles. The SMILES string of the molecule is CCC(=O)c1ccc(OCC(=O)Nc2cccc(Cl)c2N(C)C)cc1. The molecule has 25 heavy (non-hydrogen) atoms. The Labute approximate surface area is 152 Å². The molecule has 132 valence electrons. The highest BCUT2D eigenvalue weighted by Crippen LogP contribution is 2.32. The van der Waals surface area contributed by atoms with Crippen LogP contribution < -0.4 is 15.0 Å². The molecule has 0 spiro atoms. The minimum atomic E-state index is -0.293. The predicted octanol–water partition coefficient (Wildman–Crippen LogP) is 4.02. The van der Waals surface area contributed by atoms with Gasteiger partial charge in [0.2, 0.25) is 0 Å². The molecule has 0 aromatic heterocycles. The molecule has 0 saturated heterocycles. The quantitative estimate of drug-likeness (QED) is 0.758. The van der Waals surface area contributed by atoms with Gasteiger partial charge in [-0.05, 0) is 36.4 Å². The molecule has 1 N–H and O–H groups in total. The van der Waals surface area contributed by atoms with Crippen LogP contribution >= 0.6 is 11.6 Å². The first-order valence-electron chi connectivity index (χ1n) is 7.94. The summed E-state index contributed by atoms with van der Waals surface area (Å²) in [5.74, 6) is 0.308. The number of para-hydroxylation sites is 1. The van der Waals surface area contributed by atoms with Crippen molar-refractivity contribution in [2.24, 2.45) is 0 Å². The number of carbonyl (C=O) groups is 2. The summed E-state index contributed by atoms with van der Waals surface area (Å²) >= 11 is 6.18. The maximum atomic E-state index is 12.1. The molecule has 0 aliphatic rings. The Morgan fingerprint density at radius 3 is 2.40 bits per heavy atom. The molecule has 0 fully saturated rings. The van der Waals surface area contributed by atoms with Gasteiger partial charge in [-0.15, -0.1) is 0 Å². The summed E-state index contributed by atoms with van der Waals surface area (Å²) < 4.78 is 5.47. The normalized spacial score (nSPS) is 10.2. The number of carbonyl (C=O) groups excluding carboxylic acids is 2. The van der Waals surface area contributed by atoms with Crippen molar-refractivity contribution < 1.29 is 14.3 Å². The zero-order chi connectivity index (χ0) is 18.4. The summed E-state index contributed by atoms with van der Waals surface area (Å²) in [6.45, 7) is 1.68. The van der Waals surface area contributed by atoms with Crippen LogP contribution in [0, 0.1) is 0 Å². The fourth-order valence-electron chi connectivity index (χ4n) is 2.35. The molecule has 0 aliphatic carbocycles. The van der Waals surface area contributed by atoms with Crippen molar-refractivity contribution in [1.82, 2.24) is 0 Å². The van der Waals surface area contributed by atoms with E-state index in [1.807, 2.05) is 25.9 Å². The zero-order valence-electron chi connectivity index (χ0n) is 14.5. The van der Waals surface area contributed by atoms with Gasteiger partial charge in [-0.3, -0.25) is 9.59 Å². The summed E-state index contributed by atoms with van der Waals surface area (Å²) in [5, 5.41) is 3.35. The van der Waals surface area contributed by atoms with Crippen LogP contribution in [-0.4, -0.2) is 32.4 Å². The Balaban J connectivity index is 1.98. The van der Waals surface area contributed by atoms with Crippen LogP contribution in [0.3, 0.4) is 0 Å². The average molecular weight is 361 g/mol. The number of rotatable bonds is 7. The highest BCUT2D eigenvalue weighted by molar-refractivity contribution is 6.34. The van der Waals surface area contributed by atoms with Gasteiger partial charge in [-0.25, -0.2) is 0 Å². The number of Topliss-reactive ketones (excluding diaryl/α,β-unsaturated/α-hetero) is 1. The first-order valence-corrected chi connectivity index (χ1v) is 8.32. The molecule has 2 aromatic carbocycles. The Hall–Kier alpha value is -2.53. The number of nitrogens with zero attached hydrogens (tertiary/aromatic N) is 1. The summed E-state index contributed by atoms with van der Waals surface area (Å²) in [6, 6.07) is 12.1. The van der Waals surface area contributed by atoms with E-state index in [0.29, 0.717) is 28.4 Å². The third kappa shape index (κ3) is 4.97. The lowest BCUT2D eigenvalue weighted by Gasteiger charge is -2.19. The van der Waals surface area contributed by atoms with Gasteiger partial charge in [-0.2, -0.15) is 0 Å². The van der Waals surface area contributed by atoms with Crippen molar-refractivity contribution in [2.75, 3.05) is 30.9 Å². The molecule has 1 amide bonds. The van der Waals surface area contributed by atoms with Crippen LogP contribution in [0.25, 0.3) is 0 Å². The molecule has 0 heterocycles. The second-order valence-electron chi connectivity index (χ2n) is 5.67. The Morgan fingerprint density at radius 1 is 1.12 bits per heavy atom. The van der Waals surface area contributed by atoms with E-state index in [9.17, 15) is 9.59 Å².